The number of nitrogens with zero attached hydrogens (tertiary/aromatic N) is 1. The van der Waals surface area contributed by atoms with E-state index in [-0.39, 0.29) is 200 Å². The van der Waals surface area contributed by atoms with Gasteiger partial charge in [-0.3, -0.25) is 47.4 Å². The van der Waals surface area contributed by atoms with Crippen molar-refractivity contribution >= 4 is 54.2 Å². The van der Waals surface area contributed by atoms with Crippen molar-refractivity contribution in [3.05, 3.63) is 0 Å². The molecule has 29 nitrogen and oxygen atoms in total. The van der Waals surface area contributed by atoms with Gasteiger partial charge < -0.3 is 89.3 Å². The average molecular weight is 1680 g/mol. The Morgan fingerprint density at radius 1 is 0.362 bits per heavy atom. The maximum Gasteiger partial charge on any atom is 0.471 e. The van der Waals surface area contributed by atoms with Crippen LogP contribution in [0.5, 0.6) is 0 Å². The zero-order valence-electron chi connectivity index (χ0n) is 70.7. The number of aliphatic hydroxyl groups is 10. The number of hydrogen-bond acceptors (Lipinski definition) is 27. The van der Waals surface area contributed by atoms with Gasteiger partial charge in [0.1, 0.15) is 40.5 Å². The van der Waals surface area contributed by atoms with E-state index in [0.717, 1.165) is 45.6 Å². The number of likely N-dealkylation sites (tertiary alicyclic amines) is 1. The van der Waals surface area contributed by atoms with Crippen LogP contribution in [0.25, 0.3) is 0 Å². The fourth-order valence-corrected chi connectivity index (χ4v) is 16.8. The maximum absolute atomic E-state index is 14.2. The number of hydrogen-bond donors (Lipinski definition) is 11. The molecule has 0 aromatic rings. The van der Waals surface area contributed by atoms with E-state index in [1.54, 1.807) is 0 Å². The van der Waals surface area contributed by atoms with E-state index >= 15 is 0 Å². The van der Waals surface area contributed by atoms with E-state index in [0.29, 0.717) is 206 Å². The smallest absolute Gasteiger partial charge is 0.396 e. The van der Waals surface area contributed by atoms with Crippen LogP contribution in [-0.2, 0) is 80.4 Å². The molecule has 4 rings (SSSR count). The van der Waals surface area contributed by atoms with Crippen LogP contribution in [0.15, 0.2) is 0 Å². The Bertz CT molecular complexity index is 2580. The number of phosphoric ester groups is 1. The van der Waals surface area contributed by atoms with E-state index in [1.807, 2.05) is 20.8 Å². The summed E-state index contributed by atoms with van der Waals surface area (Å²) in [5, 5.41) is 101. The van der Waals surface area contributed by atoms with Crippen molar-refractivity contribution in [2.45, 2.75) is 358 Å². The highest BCUT2D eigenvalue weighted by Gasteiger charge is 2.45. The molecule has 16 unspecified atom stereocenters. The Labute approximate surface area is 690 Å². The minimum Gasteiger partial charge on any atom is -0.396 e. The van der Waals surface area contributed by atoms with E-state index in [1.165, 1.54) is 4.90 Å². The number of β-amino-alcohol motifs (C(OH)–C–C–N with tert-alkyl or cyclic N) is 1. The fraction of sp³-hybridized carbons (Fsp3) is 0.907. The second-order valence-corrected chi connectivity index (χ2v) is 35.6. The molecule has 1 aliphatic heterocycles. The molecule has 0 radical (unpaired) electrons. The summed E-state index contributed by atoms with van der Waals surface area (Å²) in [7, 11) is -3.19. The second kappa shape index (κ2) is 60.2. The average Bonchev–Trinajstić information content (AvgIpc) is 1.41. The summed E-state index contributed by atoms with van der Waals surface area (Å²) in [6.07, 6.45) is 14.2. The molecule has 1 saturated heterocycles. The molecule has 4 fully saturated rings. The molecular weight excluding hydrogens is 1530 g/mol. The quantitative estimate of drug-likeness (QED) is 0.0200. The van der Waals surface area contributed by atoms with Gasteiger partial charge in [-0.15, -0.1) is 0 Å². The summed E-state index contributed by atoms with van der Waals surface area (Å²) in [5.41, 5.74) is -1.06. The topological polar surface area (TPSA) is 453 Å². The molecule has 0 aromatic carbocycles. The largest absolute Gasteiger partial charge is 0.471 e. The van der Waals surface area contributed by atoms with Crippen LogP contribution in [0.4, 0.5) is 0 Å². The van der Waals surface area contributed by atoms with Gasteiger partial charge in [0.05, 0.1) is 113 Å². The molecule has 1 amide bonds. The van der Waals surface area contributed by atoms with Gasteiger partial charge in [0, 0.05) is 191 Å². The molecule has 0 spiro atoms. The SMILES string of the molecule is COP(=O)(O)OC[C@@H]1C[C@@H](O)CN1C(=O)CCCCCCCCCCC(=O)CC(COCCC(=O)CCCCCC(=O)CCCCOC1CC(CO)C(O)C(O)C1C)(COCCC(=O)CCCCCC(=O)CCCCOC1CC(CO)C(O)C(O)C1C)COCCC(=O)CCCCCC(=O)CCCCOC1CC(CO)C(O)C(O)C1C. The van der Waals surface area contributed by atoms with Gasteiger partial charge >= 0.3 is 7.82 Å². The van der Waals surface area contributed by atoms with Crippen LogP contribution in [0.2, 0.25) is 0 Å². The van der Waals surface area contributed by atoms with Crippen molar-refractivity contribution in [1.82, 2.24) is 4.90 Å². The Kier molecular flexibility index (Phi) is 54.5. The van der Waals surface area contributed by atoms with Gasteiger partial charge in [-0.2, -0.15) is 0 Å². The lowest BCUT2D eigenvalue weighted by atomic mass is 9.77. The second-order valence-electron chi connectivity index (χ2n) is 34.1. The van der Waals surface area contributed by atoms with Crippen molar-refractivity contribution in [2.75, 3.05) is 99.5 Å². The van der Waals surface area contributed by atoms with Crippen molar-refractivity contribution in [2.24, 2.45) is 40.9 Å². The third-order valence-corrected chi connectivity index (χ3v) is 25.2. The first-order chi connectivity index (χ1) is 55.6. The number of carbonyl (C=O) groups excluding carboxylic acids is 8. The van der Waals surface area contributed by atoms with Crippen molar-refractivity contribution in [3.63, 3.8) is 0 Å². The number of aliphatic hydroxyl groups excluding tert-OH is 10. The maximum atomic E-state index is 14.2. The summed E-state index contributed by atoms with van der Waals surface area (Å²) in [6.45, 7) is 5.90. The zero-order chi connectivity index (χ0) is 85.3. The Balaban J connectivity index is 1.28. The van der Waals surface area contributed by atoms with E-state index < -0.39 is 79.8 Å². The number of amides is 1. The minimum absolute atomic E-state index is 0.000399. The standard InChI is InChI=1S/C86H152NO28P/c1-61-76(48-64(54-88)83(103)80(61)100)112-42-25-22-34-68(91)28-15-11-18-31-71(94)39-45-109-58-86(52-74(97)37-14-9-7-5-6-8-10-21-38-79(99)87-53-75(98)51-67(87)57-115-116(106,107)108-4,59-110-46-40-72(95)32-19-12-16-29-69(92)35-23-26-43-113-77-49-65(55-89)84(104)81(101)62(77)2)60-111-47-41-73(96)33-20-13-17-30-70(93)36-24-27-44-114-78-50-66(56-90)85(105)82(102)63(78)3/h61-67,75-78,80-85,88-90,98,100-105H,5-60H2,1-4H3,(H,106,107)/t61?,62?,63?,64?,65?,66?,67-,75+,76?,77?,78?,80?,81?,82?,83?,84?,85?,86?/m0/s1. The van der Waals surface area contributed by atoms with Gasteiger partial charge in [0.15, 0.2) is 0 Å². The number of ketones is 7. The van der Waals surface area contributed by atoms with E-state index in [9.17, 15) is 98.9 Å². The summed E-state index contributed by atoms with van der Waals surface area (Å²) in [6, 6.07) is -0.538. The predicted octanol–water partition coefficient (Wildman–Crippen LogP) is 8.82. The molecule has 116 heavy (non-hydrogen) atoms. The molecule has 0 aromatic heterocycles. The van der Waals surface area contributed by atoms with E-state index in [4.69, 9.17) is 32.9 Å². The molecular formula is C86H152NO28P. The first-order valence-electron chi connectivity index (χ1n) is 44.2. The first-order valence-corrected chi connectivity index (χ1v) is 45.7. The molecule has 3 saturated carbocycles. The lowest BCUT2D eigenvalue weighted by Crippen LogP contribution is -2.50. The summed E-state index contributed by atoms with van der Waals surface area (Å²) < 4.78 is 58.2. The van der Waals surface area contributed by atoms with Gasteiger partial charge in [0.2, 0.25) is 5.91 Å². The van der Waals surface area contributed by atoms with Crippen LogP contribution < -0.4 is 0 Å². The molecule has 18 atom stereocenters. The Morgan fingerprint density at radius 2 is 0.638 bits per heavy atom. The zero-order valence-corrected chi connectivity index (χ0v) is 71.6. The van der Waals surface area contributed by atoms with E-state index in [2.05, 4.69) is 4.52 Å². The number of ether oxygens (including phenoxy) is 6. The normalized spacial score (nSPS) is 26.7. The summed E-state index contributed by atoms with van der Waals surface area (Å²) in [5.74, 6) is -2.10. The molecule has 11 N–H and O–H groups in total. The van der Waals surface area contributed by atoms with Gasteiger partial charge in [-0.25, -0.2) is 4.57 Å². The third-order valence-electron chi connectivity index (χ3n) is 24.3. The minimum atomic E-state index is -4.25. The van der Waals surface area contributed by atoms with Crippen molar-refractivity contribution in [3.8, 4) is 0 Å². The lowest BCUT2D eigenvalue weighted by Gasteiger charge is -2.40. The van der Waals surface area contributed by atoms with Gasteiger partial charge in [-0.05, 0) is 116 Å². The number of phosphoric acid groups is 1. The summed E-state index contributed by atoms with van der Waals surface area (Å²) >= 11 is 0. The van der Waals surface area contributed by atoms with Crippen molar-refractivity contribution in [1.29, 1.82) is 0 Å². The van der Waals surface area contributed by atoms with Crippen LogP contribution in [0.3, 0.4) is 0 Å². The van der Waals surface area contributed by atoms with Crippen LogP contribution in [0.1, 0.15) is 290 Å². The third kappa shape index (κ3) is 42.1. The van der Waals surface area contributed by atoms with Crippen molar-refractivity contribution < 1.29 is 136 Å². The number of carbonyl (C=O) groups is 8. The summed E-state index contributed by atoms with van der Waals surface area (Å²) in [4.78, 5) is 117. The highest BCUT2D eigenvalue weighted by atomic mass is 31.2. The van der Waals surface area contributed by atoms with Crippen LogP contribution >= 0.6 is 7.82 Å². The highest BCUT2D eigenvalue weighted by Crippen LogP contribution is 2.43. The molecule has 3 aliphatic carbocycles. The van der Waals surface area contributed by atoms with Gasteiger partial charge in [0.25, 0.3) is 0 Å². The first kappa shape index (κ1) is 105. The highest BCUT2D eigenvalue weighted by molar-refractivity contribution is 7.47. The molecule has 1 heterocycles. The number of Topliss-reactive ketones (excluding diaryl/α,β-unsaturated/α-hetero) is 7. The molecule has 0 bridgehead atoms. The Hall–Kier alpha value is -3.37. The molecule has 30 heteroatoms. The number of rotatable bonds is 71. The van der Waals surface area contributed by atoms with Crippen LogP contribution in [-0.4, -0.2) is 274 Å². The predicted molar refractivity (Wildman–Crippen MR) is 433 cm³/mol. The molecule has 4 aliphatic rings. The fourth-order valence-electron chi connectivity index (χ4n) is 16.4. The molecule has 674 valence electrons. The Morgan fingerprint density at radius 3 is 0.948 bits per heavy atom. The monoisotopic (exact) mass is 1680 g/mol. The van der Waals surface area contributed by atoms with Gasteiger partial charge in [-0.1, -0.05) is 78.6 Å². The van der Waals surface area contributed by atoms with Crippen LogP contribution in [0, 0.1) is 40.9 Å². The lowest BCUT2D eigenvalue weighted by molar-refractivity contribution is -0.144. The number of unbranched alkanes of at least 4 members (excludes halogenated alkanes) is 16.